The van der Waals surface area contributed by atoms with Gasteiger partial charge >= 0.3 is 0 Å². The maximum Gasteiger partial charge on any atom is 0.270 e. The minimum Gasteiger partial charge on any atom is -0.346 e. The topological polar surface area (TPSA) is 71.9 Å². The molecule has 0 amide bonds. The molecule has 5 nitrogen and oxygen atoms in total. The van der Waals surface area contributed by atoms with E-state index in [1.807, 2.05) is 19.9 Å². The number of rotatable bonds is 4. The molecule has 0 N–H and O–H groups in total. The van der Waals surface area contributed by atoms with E-state index in [9.17, 15) is 15.4 Å². The summed E-state index contributed by atoms with van der Waals surface area (Å²) in [6.07, 6.45) is 1.79. The van der Waals surface area contributed by atoms with Crippen molar-refractivity contribution in [1.82, 2.24) is 4.57 Å². The van der Waals surface area contributed by atoms with Gasteiger partial charge in [-0.1, -0.05) is 12.1 Å². The molecule has 0 saturated heterocycles. The van der Waals surface area contributed by atoms with E-state index in [0.717, 1.165) is 17.0 Å². The predicted molar refractivity (Wildman–Crippen MR) is 90.9 cm³/mol. The second-order valence-electron chi connectivity index (χ2n) is 5.77. The summed E-state index contributed by atoms with van der Waals surface area (Å²) in [5, 5.41) is 20.4. The van der Waals surface area contributed by atoms with Crippen LogP contribution in [-0.4, -0.2) is 9.49 Å². The van der Waals surface area contributed by atoms with Gasteiger partial charge in [0.2, 0.25) is 0 Å². The zero-order valence-electron chi connectivity index (χ0n) is 13.7. The number of aryl methyl sites for hydroxylation is 1. The van der Waals surface area contributed by atoms with Crippen molar-refractivity contribution in [2.24, 2.45) is 0 Å². The number of nitriles is 1. The van der Waals surface area contributed by atoms with Gasteiger partial charge in [0.25, 0.3) is 5.69 Å². The van der Waals surface area contributed by atoms with E-state index in [1.54, 1.807) is 18.2 Å². The van der Waals surface area contributed by atoms with E-state index in [2.05, 4.69) is 24.5 Å². The highest BCUT2D eigenvalue weighted by atomic mass is 16.6. The lowest BCUT2D eigenvalue weighted by Gasteiger charge is -2.13. The average Bonchev–Trinajstić information content (AvgIpc) is 2.78. The van der Waals surface area contributed by atoms with Crippen molar-refractivity contribution in [3.05, 3.63) is 63.0 Å². The average molecular weight is 309 g/mol. The van der Waals surface area contributed by atoms with E-state index >= 15 is 0 Å². The molecule has 1 aromatic heterocycles. The van der Waals surface area contributed by atoms with Crippen molar-refractivity contribution in [2.45, 2.75) is 33.7 Å². The van der Waals surface area contributed by atoms with E-state index in [4.69, 9.17) is 0 Å². The van der Waals surface area contributed by atoms with E-state index in [0.29, 0.717) is 17.2 Å². The van der Waals surface area contributed by atoms with Gasteiger partial charge in [-0.05, 0) is 51.0 Å². The van der Waals surface area contributed by atoms with Crippen molar-refractivity contribution >= 4 is 17.3 Å². The molecule has 5 heteroatoms. The molecule has 23 heavy (non-hydrogen) atoms. The van der Waals surface area contributed by atoms with Crippen LogP contribution in [0.15, 0.2) is 30.3 Å². The summed E-state index contributed by atoms with van der Waals surface area (Å²) in [5.41, 5.74) is 4.11. The lowest BCUT2D eigenvalue weighted by molar-refractivity contribution is -0.384. The quantitative estimate of drug-likeness (QED) is 0.468. The van der Waals surface area contributed by atoms with Crippen molar-refractivity contribution < 1.29 is 4.92 Å². The number of nitrogens with zero attached hydrogens (tertiary/aromatic N) is 3. The minimum absolute atomic E-state index is 0.0173. The molecular formula is C18H19N3O2. The third-order valence-electron chi connectivity index (χ3n) is 3.83. The second-order valence-corrected chi connectivity index (χ2v) is 5.77. The Morgan fingerprint density at radius 2 is 2.04 bits per heavy atom. The molecule has 0 spiro atoms. The van der Waals surface area contributed by atoms with Gasteiger partial charge in [-0.15, -0.1) is 0 Å². The molecule has 0 radical (unpaired) electrons. The Balaban J connectivity index is 2.53. The maximum atomic E-state index is 10.9. The molecule has 1 aromatic carbocycles. The highest BCUT2D eigenvalue weighted by molar-refractivity contribution is 5.90. The van der Waals surface area contributed by atoms with Crippen molar-refractivity contribution in [3.63, 3.8) is 0 Å². The smallest absolute Gasteiger partial charge is 0.270 e. The van der Waals surface area contributed by atoms with Crippen molar-refractivity contribution in [1.29, 1.82) is 5.26 Å². The predicted octanol–water partition coefficient (Wildman–Crippen LogP) is 4.66. The summed E-state index contributed by atoms with van der Waals surface area (Å²) in [6.45, 7) is 8.27. The Labute approximate surface area is 135 Å². The van der Waals surface area contributed by atoms with Gasteiger partial charge in [0.15, 0.2) is 0 Å². The van der Waals surface area contributed by atoms with E-state index in [1.165, 1.54) is 12.1 Å². The second kappa shape index (κ2) is 6.49. The third kappa shape index (κ3) is 3.32. The number of aromatic nitrogens is 1. The summed E-state index contributed by atoms with van der Waals surface area (Å²) in [4.78, 5) is 10.4. The lowest BCUT2D eigenvalue weighted by Crippen LogP contribution is -2.04. The number of nitro benzene ring substituents is 1. The zero-order valence-corrected chi connectivity index (χ0v) is 13.7. The first-order chi connectivity index (χ1) is 10.8. The SMILES string of the molecule is Cc1cc(/C=C(/C#N)c2cccc([N+](=O)[O-])c2)c(C)n1C(C)C. The fourth-order valence-corrected chi connectivity index (χ4v) is 2.87. The Morgan fingerprint density at radius 1 is 1.35 bits per heavy atom. The van der Waals surface area contributed by atoms with Gasteiger partial charge in [-0.3, -0.25) is 10.1 Å². The molecule has 2 rings (SSSR count). The number of allylic oxidation sites excluding steroid dienone is 1. The van der Waals surface area contributed by atoms with Crippen LogP contribution >= 0.6 is 0 Å². The summed E-state index contributed by atoms with van der Waals surface area (Å²) in [5.74, 6) is 0. The molecule has 118 valence electrons. The van der Waals surface area contributed by atoms with Crippen LogP contribution in [0.4, 0.5) is 5.69 Å². The fourth-order valence-electron chi connectivity index (χ4n) is 2.87. The maximum absolute atomic E-state index is 10.9. The Hall–Kier alpha value is -2.87. The molecule has 0 atom stereocenters. The molecule has 0 fully saturated rings. The van der Waals surface area contributed by atoms with Gasteiger partial charge in [0.05, 0.1) is 16.6 Å². The number of benzene rings is 1. The third-order valence-corrected chi connectivity index (χ3v) is 3.83. The minimum atomic E-state index is -0.455. The van der Waals surface area contributed by atoms with Gasteiger partial charge in [0.1, 0.15) is 0 Å². The van der Waals surface area contributed by atoms with Crippen LogP contribution in [0.1, 0.15) is 42.4 Å². The first kappa shape index (κ1) is 16.5. The molecule has 0 bridgehead atoms. The molecule has 0 unspecified atom stereocenters. The highest BCUT2D eigenvalue weighted by Gasteiger charge is 2.13. The zero-order chi connectivity index (χ0) is 17.1. The van der Waals surface area contributed by atoms with Crippen LogP contribution in [0, 0.1) is 35.3 Å². The standard InChI is InChI=1S/C18H19N3O2/c1-12(2)20-13(3)8-16(14(20)4)9-17(11-19)15-6-5-7-18(10-15)21(22)23/h5-10,12H,1-4H3/b17-9-. The fraction of sp³-hybridized carbons (Fsp3) is 0.278. The summed E-state index contributed by atoms with van der Waals surface area (Å²) >= 11 is 0. The number of nitro groups is 1. The Bertz CT molecular complexity index is 823. The van der Waals surface area contributed by atoms with Crippen LogP contribution < -0.4 is 0 Å². The molecule has 0 aliphatic carbocycles. The molecule has 0 saturated carbocycles. The molecule has 0 aliphatic heterocycles. The van der Waals surface area contributed by atoms with Crippen LogP contribution in [0.3, 0.4) is 0 Å². The first-order valence-corrected chi connectivity index (χ1v) is 7.40. The Kier molecular flexibility index (Phi) is 4.65. The molecule has 2 aromatic rings. The number of non-ortho nitro benzene ring substituents is 1. The normalized spacial score (nSPS) is 11.6. The van der Waals surface area contributed by atoms with Gasteiger partial charge in [-0.25, -0.2) is 0 Å². The first-order valence-electron chi connectivity index (χ1n) is 7.40. The largest absolute Gasteiger partial charge is 0.346 e. The highest BCUT2D eigenvalue weighted by Crippen LogP contribution is 2.26. The molecule has 1 heterocycles. The van der Waals surface area contributed by atoms with Gasteiger partial charge in [-0.2, -0.15) is 5.26 Å². The van der Waals surface area contributed by atoms with E-state index < -0.39 is 4.92 Å². The number of hydrogen-bond donors (Lipinski definition) is 0. The van der Waals surface area contributed by atoms with Crippen molar-refractivity contribution in [3.8, 4) is 6.07 Å². The Morgan fingerprint density at radius 3 is 2.57 bits per heavy atom. The molecular weight excluding hydrogens is 290 g/mol. The lowest BCUT2D eigenvalue weighted by atomic mass is 10.0. The van der Waals surface area contributed by atoms with Crippen LogP contribution in [0.2, 0.25) is 0 Å². The van der Waals surface area contributed by atoms with E-state index in [-0.39, 0.29) is 5.69 Å². The van der Waals surface area contributed by atoms with Gasteiger partial charge in [0, 0.05) is 29.6 Å². The molecule has 0 aliphatic rings. The van der Waals surface area contributed by atoms with Crippen LogP contribution in [-0.2, 0) is 0 Å². The summed E-state index contributed by atoms with van der Waals surface area (Å²) in [6, 6.07) is 10.7. The summed E-state index contributed by atoms with van der Waals surface area (Å²) in [7, 11) is 0. The van der Waals surface area contributed by atoms with Crippen LogP contribution in [0.5, 0.6) is 0 Å². The van der Waals surface area contributed by atoms with Crippen molar-refractivity contribution in [2.75, 3.05) is 0 Å². The summed E-state index contributed by atoms with van der Waals surface area (Å²) < 4.78 is 2.20. The van der Waals surface area contributed by atoms with Crippen LogP contribution in [0.25, 0.3) is 11.6 Å². The number of hydrogen-bond acceptors (Lipinski definition) is 3. The monoisotopic (exact) mass is 309 g/mol. The van der Waals surface area contributed by atoms with Gasteiger partial charge < -0.3 is 4.57 Å².